The number of imide groups is 1. The monoisotopic (exact) mass is 239 g/mol. The van der Waals surface area contributed by atoms with Gasteiger partial charge in [0.1, 0.15) is 0 Å². The van der Waals surface area contributed by atoms with E-state index in [0.29, 0.717) is 17.0 Å². The summed E-state index contributed by atoms with van der Waals surface area (Å²) in [6.45, 7) is 1.78. The average Bonchev–Trinajstić information content (AvgIpc) is 2.55. The first-order valence-corrected chi connectivity index (χ1v) is 5.27. The molecule has 0 spiro atoms. The molecule has 2 amide bonds. The van der Waals surface area contributed by atoms with Crippen molar-refractivity contribution in [1.82, 2.24) is 5.32 Å². The molecule has 84 valence electrons. The minimum absolute atomic E-state index is 0.381. The Kier molecular flexibility index (Phi) is 2.59. The number of nitrogens with one attached hydrogen (secondary N) is 1. The summed E-state index contributed by atoms with van der Waals surface area (Å²) >= 11 is 5.76. The van der Waals surface area contributed by atoms with Gasteiger partial charge in [-0.25, -0.2) is 4.79 Å². The van der Waals surface area contributed by atoms with Gasteiger partial charge in [-0.2, -0.15) is 0 Å². The maximum absolute atomic E-state index is 11.7. The van der Waals surface area contributed by atoms with Crippen LogP contribution in [0.25, 0.3) is 0 Å². The van der Waals surface area contributed by atoms with E-state index in [-0.39, 0.29) is 0 Å². The third-order valence-electron chi connectivity index (χ3n) is 2.66. The summed E-state index contributed by atoms with van der Waals surface area (Å²) in [5.41, 5.74) is -0.579. The van der Waals surface area contributed by atoms with E-state index in [2.05, 4.69) is 5.32 Å². The van der Waals surface area contributed by atoms with Gasteiger partial charge in [-0.1, -0.05) is 30.7 Å². The van der Waals surface area contributed by atoms with E-state index in [1.165, 1.54) is 0 Å². The molecule has 1 aromatic rings. The molecule has 1 fully saturated rings. The maximum Gasteiger partial charge on any atom is 0.415 e. The first kappa shape index (κ1) is 11.0. The normalized spacial score (nSPS) is 24.1. The molecule has 1 atom stereocenters. The van der Waals surface area contributed by atoms with Crippen molar-refractivity contribution >= 4 is 23.6 Å². The van der Waals surface area contributed by atoms with Crippen molar-refractivity contribution < 1.29 is 14.3 Å². The van der Waals surface area contributed by atoms with E-state index in [0.717, 1.165) is 0 Å². The van der Waals surface area contributed by atoms with Gasteiger partial charge >= 0.3 is 6.09 Å². The summed E-state index contributed by atoms with van der Waals surface area (Å²) in [5, 5.41) is 2.71. The fourth-order valence-corrected chi connectivity index (χ4v) is 1.90. The summed E-state index contributed by atoms with van der Waals surface area (Å²) in [5.74, 6) is -0.428. The van der Waals surface area contributed by atoms with Crippen LogP contribution in [0.3, 0.4) is 0 Å². The number of alkyl carbamates (subject to hydrolysis) is 1. The van der Waals surface area contributed by atoms with Crippen LogP contribution >= 0.6 is 11.6 Å². The number of carbonyl (C=O) groups excluding carboxylic acids is 2. The van der Waals surface area contributed by atoms with Crippen LogP contribution in [-0.4, -0.2) is 12.0 Å². The van der Waals surface area contributed by atoms with Gasteiger partial charge in [0, 0.05) is 10.6 Å². The van der Waals surface area contributed by atoms with Crippen LogP contribution < -0.4 is 5.32 Å². The minimum atomic E-state index is -1.21. The highest BCUT2D eigenvalue weighted by Gasteiger charge is 2.48. The fraction of sp³-hybridized carbons (Fsp3) is 0.273. The van der Waals surface area contributed by atoms with Crippen molar-refractivity contribution in [3.05, 3.63) is 34.9 Å². The lowest BCUT2D eigenvalue weighted by molar-refractivity contribution is -0.132. The topological polar surface area (TPSA) is 55.4 Å². The standard InChI is InChI=1S/C11H10ClNO3/c1-2-11(9(14)13-10(15)16-11)7-3-5-8(12)6-4-7/h3-6H,2H2,1H3,(H,13,14,15). The largest absolute Gasteiger partial charge is 0.428 e. The molecule has 1 heterocycles. The molecular formula is C11H10ClNO3. The van der Waals surface area contributed by atoms with Gasteiger partial charge in [-0.05, 0) is 18.6 Å². The zero-order valence-electron chi connectivity index (χ0n) is 8.62. The second-order valence-corrected chi connectivity index (χ2v) is 3.97. The molecule has 0 aromatic heterocycles. The Morgan fingerprint density at radius 3 is 2.38 bits per heavy atom. The molecular weight excluding hydrogens is 230 g/mol. The molecule has 4 nitrogen and oxygen atoms in total. The van der Waals surface area contributed by atoms with Crippen LogP contribution in [-0.2, 0) is 15.1 Å². The van der Waals surface area contributed by atoms with Gasteiger partial charge in [0.25, 0.3) is 5.91 Å². The lowest BCUT2D eigenvalue weighted by Gasteiger charge is -2.23. The van der Waals surface area contributed by atoms with Crippen LogP contribution in [0.1, 0.15) is 18.9 Å². The molecule has 1 saturated heterocycles. The predicted molar refractivity (Wildman–Crippen MR) is 58.0 cm³/mol. The number of cyclic esters (lactones) is 1. The number of halogens is 1. The van der Waals surface area contributed by atoms with E-state index < -0.39 is 17.6 Å². The third kappa shape index (κ3) is 1.55. The van der Waals surface area contributed by atoms with Crippen molar-refractivity contribution in [2.24, 2.45) is 0 Å². The number of rotatable bonds is 2. The van der Waals surface area contributed by atoms with Crippen LogP contribution in [0.4, 0.5) is 4.79 Å². The molecule has 0 radical (unpaired) electrons. The van der Waals surface area contributed by atoms with Crippen molar-refractivity contribution in [3.63, 3.8) is 0 Å². The van der Waals surface area contributed by atoms with Gasteiger partial charge in [0.05, 0.1) is 0 Å². The van der Waals surface area contributed by atoms with Crippen molar-refractivity contribution in [2.45, 2.75) is 18.9 Å². The van der Waals surface area contributed by atoms with Gasteiger partial charge in [-0.15, -0.1) is 0 Å². The molecule has 16 heavy (non-hydrogen) atoms. The lowest BCUT2D eigenvalue weighted by atomic mass is 9.90. The smallest absolute Gasteiger partial charge is 0.415 e. The summed E-state index contributed by atoms with van der Waals surface area (Å²) < 4.78 is 5.09. The summed E-state index contributed by atoms with van der Waals surface area (Å²) in [6.07, 6.45) is -0.326. The Hall–Kier alpha value is -1.55. The van der Waals surface area contributed by atoms with E-state index in [1.807, 2.05) is 0 Å². The second kappa shape index (κ2) is 3.79. The van der Waals surface area contributed by atoms with Crippen LogP contribution in [0.5, 0.6) is 0 Å². The van der Waals surface area contributed by atoms with E-state index >= 15 is 0 Å². The summed E-state index contributed by atoms with van der Waals surface area (Å²) in [7, 11) is 0. The minimum Gasteiger partial charge on any atom is -0.428 e. The molecule has 1 N–H and O–H groups in total. The zero-order valence-corrected chi connectivity index (χ0v) is 9.38. The SMILES string of the molecule is CCC1(c2ccc(Cl)cc2)OC(=O)NC1=O. The number of hydrogen-bond donors (Lipinski definition) is 1. The number of benzene rings is 1. The van der Waals surface area contributed by atoms with Crippen LogP contribution in [0.2, 0.25) is 5.02 Å². The van der Waals surface area contributed by atoms with E-state index in [1.54, 1.807) is 31.2 Å². The average molecular weight is 240 g/mol. The Bertz CT molecular complexity index is 443. The summed E-state index contributed by atoms with van der Waals surface area (Å²) in [4.78, 5) is 22.8. The number of carbonyl (C=O) groups is 2. The third-order valence-corrected chi connectivity index (χ3v) is 2.91. The second-order valence-electron chi connectivity index (χ2n) is 3.53. The molecule has 0 aliphatic carbocycles. The molecule has 1 aliphatic rings. The molecule has 1 aliphatic heterocycles. The Labute approximate surface area is 97.5 Å². The highest BCUT2D eigenvalue weighted by molar-refractivity contribution is 6.30. The van der Waals surface area contributed by atoms with Crippen LogP contribution in [0.15, 0.2) is 24.3 Å². The maximum atomic E-state index is 11.7. The van der Waals surface area contributed by atoms with Gasteiger partial charge in [0.15, 0.2) is 0 Å². The zero-order chi connectivity index (χ0) is 11.8. The molecule has 0 bridgehead atoms. The summed E-state index contributed by atoms with van der Waals surface area (Å²) in [6, 6.07) is 6.69. The predicted octanol–water partition coefficient (Wildman–Crippen LogP) is 2.21. The van der Waals surface area contributed by atoms with E-state index in [4.69, 9.17) is 16.3 Å². The Morgan fingerprint density at radius 2 is 1.94 bits per heavy atom. The Balaban J connectivity index is 2.46. The highest BCUT2D eigenvalue weighted by Crippen LogP contribution is 2.33. The Morgan fingerprint density at radius 1 is 1.31 bits per heavy atom. The molecule has 0 saturated carbocycles. The lowest BCUT2D eigenvalue weighted by Crippen LogP contribution is -2.35. The molecule has 1 aromatic carbocycles. The van der Waals surface area contributed by atoms with Crippen molar-refractivity contribution in [2.75, 3.05) is 0 Å². The van der Waals surface area contributed by atoms with Crippen LogP contribution in [0, 0.1) is 0 Å². The molecule has 1 unspecified atom stereocenters. The van der Waals surface area contributed by atoms with Gasteiger partial charge < -0.3 is 4.74 Å². The first-order valence-electron chi connectivity index (χ1n) is 4.89. The van der Waals surface area contributed by atoms with Crippen molar-refractivity contribution in [1.29, 1.82) is 0 Å². The quantitative estimate of drug-likeness (QED) is 0.861. The number of amides is 2. The first-order chi connectivity index (χ1) is 7.58. The van der Waals surface area contributed by atoms with Gasteiger partial charge in [-0.3, -0.25) is 10.1 Å². The van der Waals surface area contributed by atoms with Gasteiger partial charge in [0.2, 0.25) is 5.60 Å². The molecule has 2 rings (SSSR count). The highest BCUT2D eigenvalue weighted by atomic mass is 35.5. The molecule has 5 heteroatoms. The fourth-order valence-electron chi connectivity index (χ4n) is 1.77. The number of ether oxygens (including phenoxy) is 1. The van der Waals surface area contributed by atoms with E-state index in [9.17, 15) is 9.59 Å². The van der Waals surface area contributed by atoms with Crippen molar-refractivity contribution in [3.8, 4) is 0 Å². The number of hydrogen-bond acceptors (Lipinski definition) is 3.